The Hall–Kier alpha value is -1.43. The molecular formula is C16H26N2O3. The molecule has 2 N–H and O–H groups in total. The van der Waals surface area contributed by atoms with E-state index in [2.05, 4.69) is 0 Å². The average Bonchev–Trinajstić information content (AvgIpc) is 2.52. The summed E-state index contributed by atoms with van der Waals surface area (Å²) >= 11 is 0. The minimum Gasteiger partial charge on any atom is -0.351 e. The van der Waals surface area contributed by atoms with Crippen molar-refractivity contribution in [2.24, 2.45) is 5.73 Å². The summed E-state index contributed by atoms with van der Waals surface area (Å²) in [7, 11) is 0. The van der Waals surface area contributed by atoms with Gasteiger partial charge in [-0.15, -0.1) is 0 Å². The van der Waals surface area contributed by atoms with Gasteiger partial charge in [0.05, 0.1) is 13.1 Å². The Labute approximate surface area is 127 Å². The van der Waals surface area contributed by atoms with Crippen molar-refractivity contribution in [2.45, 2.75) is 26.6 Å². The van der Waals surface area contributed by atoms with Crippen LogP contribution in [-0.2, 0) is 20.7 Å². The lowest BCUT2D eigenvalue weighted by molar-refractivity contribution is -0.158. The first-order valence-corrected chi connectivity index (χ1v) is 7.46. The zero-order chi connectivity index (χ0) is 15.5. The zero-order valence-electron chi connectivity index (χ0n) is 13.0. The molecule has 0 aliphatic rings. The van der Waals surface area contributed by atoms with Gasteiger partial charge in [-0.05, 0) is 25.8 Å². The number of carbonyl (C=O) groups is 1. The number of amides is 1. The van der Waals surface area contributed by atoms with Crippen molar-refractivity contribution in [2.75, 3.05) is 32.8 Å². The number of carbonyl (C=O) groups excluding carboxylic acids is 1. The van der Waals surface area contributed by atoms with Crippen molar-refractivity contribution < 1.29 is 14.3 Å². The van der Waals surface area contributed by atoms with Gasteiger partial charge in [-0.3, -0.25) is 4.79 Å². The van der Waals surface area contributed by atoms with Crippen molar-refractivity contribution in [3.63, 3.8) is 0 Å². The molecule has 0 unspecified atom stereocenters. The highest BCUT2D eigenvalue weighted by Crippen LogP contribution is 2.05. The van der Waals surface area contributed by atoms with Gasteiger partial charge >= 0.3 is 0 Å². The maximum atomic E-state index is 12.0. The molecular weight excluding hydrogens is 268 g/mol. The summed E-state index contributed by atoms with van der Waals surface area (Å²) in [5, 5.41) is 0. The van der Waals surface area contributed by atoms with E-state index < -0.39 is 6.29 Å². The topological polar surface area (TPSA) is 64.8 Å². The van der Waals surface area contributed by atoms with Gasteiger partial charge in [0.15, 0.2) is 6.29 Å². The van der Waals surface area contributed by atoms with Gasteiger partial charge < -0.3 is 20.1 Å². The summed E-state index contributed by atoms with van der Waals surface area (Å²) in [5.74, 6) is -0.0877. The molecule has 0 bridgehead atoms. The molecule has 0 spiro atoms. The molecule has 0 atom stereocenters. The third-order valence-corrected chi connectivity index (χ3v) is 3.12. The Morgan fingerprint density at radius 2 is 1.81 bits per heavy atom. The standard InChI is InChI=1S/C16H26N2O3/c1-3-20-16(21-4-2)13-18(15(19)12-17)11-10-14-8-6-5-7-9-14/h5-9,16H,3-4,10-13,17H2,1-2H3. The second kappa shape index (κ2) is 10.3. The third-order valence-electron chi connectivity index (χ3n) is 3.12. The molecule has 0 saturated heterocycles. The van der Waals surface area contributed by atoms with E-state index in [1.807, 2.05) is 44.2 Å². The predicted molar refractivity (Wildman–Crippen MR) is 82.8 cm³/mol. The van der Waals surface area contributed by atoms with Crippen molar-refractivity contribution in [1.82, 2.24) is 4.90 Å². The van der Waals surface area contributed by atoms with Gasteiger partial charge in [0, 0.05) is 19.8 Å². The summed E-state index contributed by atoms with van der Waals surface area (Å²) in [6.45, 7) is 5.93. The zero-order valence-corrected chi connectivity index (χ0v) is 13.0. The molecule has 0 radical (unpaired) electrons. The molecule has 21 heavy (non-hydrogen) atoms. The Balaban J connectivity index is 2.60. The van der Waals surface area contributed by atoms with E-state index in [9.17, 15) is 4.79 Å². The van der Waals surface area contributed by atoms with Crippen LogP contribution in [0.3, 0.4) is 0 Å². The maximum Gasteiger partial charge on any atom is 0.236 e. The summed E-state index contributed by atoms with van der Waals surface area (Å²) in [4.78, 5) is 13.7. The van der Waals surface area contributed by atoms with Gasteiger partial charge in [-0.1, -0.05) is 30.3 Å². The molecule has 0 aliphatic heterocycles. The van der Waals surface area contributed by atoms with E-state index in [4.69, 9.17) is 15.2 Å². The lowest BCUT2D eigenvalue weighted by Crippen LogP contribution is -2.43. The van der Waals surface area contributed by atoms with Crippen LogP contribution in [0.5, 0.6) is 0 Å². The number of hydrogen-bond acceptors (Lipinski definition) is 4. The van der Waals surface area contributed by atoms with Gasteiger partial charge in [-0.2, -0.15) is 0 Å². The van der Waals surface area contributed by atoms with Crippen LogP contribution in [0.1, 0.15) is 19.4 Å². The Morgan fingerprint density at radius 1 is 1.19 bits per heavy atom. The first-order chi connectivity index (χ1) is 10.2. The highest BCUT2D eigenvalue weighted by molar-refractivity contribution is 5.78. The molecule has 0 fully saturated rings. The quantitative estimate of drug-likeness (QED) is 0.663. The van der Waals surface area contributed by atoms with Gasteiger partial charge in [0.25, 0.3) is 0 Å². The minimum absolute atomic E-state index is 0.000238. The van der Waals surface area contributed by atoms with Crippen LogP contribution in [0, 0.1) is 0 Å². The molecule has 1 rings (SSSR count). The molecule has 1 aromatic carbocycles. The van der Waals surface area contributed by atoms with E-state index in [1.54, 1.807) is 4.90 Å². The first kappa shape index (κ1) is 17.6. The van der Waals surface area contributed by atoms with E-state index >= 15 is 0 Å². The molecule has 0 aliphatic carbocycles. The second-order valence-electron chi connectivity index (χ2n) is 4.62. The van der Waals surface area contributed by atoms with Gasteiger partial charge in [-0.25, -0.2) is 0 Å². The maximum absolute atomic E-state index is 12.0. The van der Waals surface area contributed by atoms with Crippen molar-refractivity contribution in [1.29, 1.82) is 0 Å². The number of ether oxygens (including phenoxy) is 2. The van der Waals surface area contributed by atoms with E-state index in [1.165, 1.54) is 5.56 Å². The molecule has 0 aromatic heterocycles. The van der Waals surface area contributed by atoms with Crippen LogP contribution in [0.2, 0.25) is 0 Å². The van der Waals surface area contributed by atoms with Crippen LogP contribution >= 0.6 is 0 Å². The molecule has 5 nitrogen and oxygen atoms in total. The number of benzene rings is 1. The van der Waals surface area contributed by atoms with Crippen LogP contribution in [0.4, 0.5) is 0 Å². The molecule has 5 heteroatoms. The summed E-state index contributed by atoms with van der Waals surface area (Å²) in [5.41, 5.74) is 6.68. The summed E-state index contributed by atoms with van der Waals surface area (Å²) in [6.07, 6.45) is 0.392. The Morgan fingerprint density at radius 3 is 2.33 bits per heavy atom. The largest absolute Gasteiger partial charge is 0.351 e. The third kappa shape index (κ3) is 6.71. The van der Waals surface area contributed by atoms with Crippen LogP contribution in [0.25, 0.3) is 0 Å². The average molecular weight is 294 g/mol. The van der Waals surface area contributed by atoms with Gasteiger partial charge in [0.1, 0.15) is 0 Å². The van der Waals surface area contributed by atoms with Crippen molar-refractivity contribution >= 4 is 5.91 Å². The second-order valence-corrected chi connectivity index (χ2v) is 4.62. The number of rotatable bonds is 10. The van der Waals surface area contributed by atoms with Crippen LogP contribution in [-0.4, -0.2) is 49.9 Å². The van der Waals surface area contributed by atoms with Gasteiger partial charge in [0.2, 0.25) is 5.91 Å². The highest BCUT2D eigenvalue weighted by Gasteiger charge is 2.18. The molecule has 0 saturated carbocycles. The smallest absolute Gasteiger partial charge is 0.236 e. The first-order valence-electron chi connectivity index (χ1n) is 7.46. The fourth-order valence-corrected chi connectivity index (χ4v) is 2.06. The van der Waals surface area contributed by atoms with E-state index in [-0.39, 0.29) is 12.5 Å². The number of nitrogens with zero attached hydrogens (tertiary/aromatic N) is 1. The summed E-state index contributed by atoms with van der Waals surface area (Å²) in [6, 6.07) is 10.1. The fourth-order valence-electron chi connectivity index (χ4n) is 2.06. The molecule has 1 aromatic rings. The van der Waals surface area contributed by atoms with E-state index in [0.717, 1.165) is 6.42 Å². The molecule has 1 amide bonds. The van der Waals surface area contributed by atoms with E-state index in [0.29, 0.717) is 26.3 Å². The molecule has 118 valence electrons. The number of nitrogens with two attached hydrogens (primary N) is 1. The normalized spacial score (nSPS) is 10.9. The predicted octanol–water partition coefficient (Wildman–Crippen LogP) is 1.42. The highest BCUT2D eigenvalue weighted by atomic mass is 16.7. The Kier molecular flexibility index (Phi) is 8.66. The van der Waals surface area contributed by atoms with Crippen LogP contribution < -0.4 is 5.73 Å². The minimum atomic E-state index is -0.397. The monoisotopic (exact) mass is 294 g/mol. The summed E-state index contributed by atoms with van der Waals surface area (Å²) < 4.78 is 11.0. The van der Waals surface area contributed by atoms with Crippen molar-refractivity contribution in [3.8, 4) is 0 Å². The number of hydrogen-bond donors (Lipinski definition) is 1. The SMILES string of the molecule is CCOC(CN(CCc1ccccc1)C(=O)CN)OCC. The fraction of sp³-hybridized carbons (Fsp3) is 0.562. The Bertz CT molecular complexity index is 392. The molecule has 0 heterocycles. The lowest BCUT2D eigenvalue weighted by Gasteiger charge is -2.27. The van der Waals surface area contributed by atoms with Crippen molar-refractivity contribution in [3.05, 3.63) is 35.9 Å². The lowest BCUT2D eigenvalue weighted by atomic mass is 10.1. The van der Waals surface area contributed by atoms with Crippen LogP contribution in [0.15, 0.2) is 30.3 Å².